The van der Waals surface area contributed by atoms with Crippen molar-refractivity contribution >= 4 is 0 Å². The number of nitrogens with zero attached hydrogens (tertiary/aromatic N) is 1. The molecule has 2 heteroatoms. The number of hydrogen-bond donors (Lipinski definition) is 1. The molecule has 2 rings (SSSR count). The van der Waals surface area contributed by atoms with Gasteiger partial charge in [-0.25, -0.2) is 0 Å². The molecule has 84 valence electrons. The zero-order chi connectivity index (χ0) is 11.5. The van der Waals surface area contributed by atoms with Crippen LogP contribution in [0.4, 0.5) is 0 Å². The van der Waals surface area contributed by atoms with E-state index in [-0.39, 0.29) is 0 Å². The van der Waals surface area contributed by atoms with Crippen LogP contribution < -0.4 is 5.43 Å². The molecule has 2 nitrogen and oxygen atoms in total. The molecule has 0 aliphatic carbocycles. The van der Waals surface area contributed by atoms with E-state index in [9.17, 15) is 0 Å². The summed E-state index contributed by atoms with van der Waals surface area (Å²) in [5.41, 5.74) is 7.27. The normalized spacial score (nSPS) is 12.4. The summed E-state index contributed by atoms with van der Waals surface area (Å²) < 4.78 is 2.14. The Kier molecular flexibility index (Phi) is 3.00. The molecule has 16 heavy (non-hydrogen) atoms. The molecule has 2 aromatic rings. The highest BCUT2D eigenvalue weighted by molar-refractivity contribution is 5.22. The molecule has 1 N–H and O–H groups in total. The number of rotatable bonds is 3. The molecule has 1 heterocycles. The molecule has 0 spiro atoms. The van der Waals surface area contributed by atoms with Crippen LogP contribution in [-0.4, -0.2) is 4.68 Å². The average Bonchev–Trinajstić information content (AvgIpc) is 2.62. The summed E-state index contributed by atoms with van der Waals surface area (Å²) in [6.45, 7) is 6.39. The van der Waals surface area contributed by atoms with Crippen LogP contribution in [0, 0.1) is 13.8 Å². The predicted octanol–water partition coefficient (Wildman–Crippen LogP) is 3.41. The summed E-state index contributed by atoms with van der Waals surface area (Å²) in [7, 11) is 0. The van der Waals surface area contributed by atoms with Gasteiger partial charge < -0.3 is 5.43 Å². The van der Waals surface area contributed by atoms with Crippen molar-refractivity contribution < 1.29 is 0 Å². The largest absolute Gasteiger partial charge is 0.319 e. The van der Waals surface area contributed by atoms with Gasteiger partial charge >= 0.3 is 0 Å². The van der Waals surface area contributed by atoms with Crippen molar-refractivity contribution in [3.63, 3.8) is 0 Å². The zero-order valence-electron chi connectivity index (χ0n) is 10.1. The van der Waals surface area contributed by atoms with Crippen LogP contribution in [0.15, 0.2) is 42.5 Å². The molecule has 1 aromatic carbocycles. The molecule has 0 radical (unpaired) electrons. The molecule has 1 aromatic heterocycles. The van der Waals surface area contributed by atoms with Gasteiger partial charge in [0.25, 0.3) is 0 Å². The third-order valence-corrected chi connectivity index (χ3v) is 2.89. The van der Waals surface area contributed by atoms with E-state index in [0.717, 1.165) is 0 Å². The van der Waals surface area contributed by atoms with Crippen molar-refractivity contribution in [1.29, 1.82) is 0 Å². The third-order valence-electron chi connectivity index (χ3n) is 2.89. The fraction of sp³-hybridized carbons (Fsp3) is 0.286. The second-order valence-electron chi connectivity index (χ2n) is 4.21. The van der Waals surface area contributed by atoms with Gasteiger partial charge in [-0.15, -0.1) is 0 Å². The number of benzene rings is 1. The predicted molar refractivity (Wildman–Crippen MR) is 68.1 cm³/mol. The Hall–Kier alpha value is -1.70. The fourth-order valence-corrected chi connectivity index (χ4v) is 1.88. The molecule has 0 saturated heterocycles. The maximum Gasteiger partial charge on any atom is 0.0645 e. The van der Waals surface area contributed by atoms with E-state index >= 15 is 0 Å². The first-order valence-electron chi connectivity index (χ1n) is 5.65. The first-order chi connectivity index (χ1) is 7.68. The van der Waals surface area contributed by atoms with E-state index in [2.05, 4.69) is 67.3 Å². The molecule has 0 aliphatic rings. The van der Waals surface area contributed by atoms with Gasteiger partial charge in [-0.2, -0.15) is 0 Å². The minimum atomic E-state index is 0.311. The lowest BCUT2D eigenvalue weighted by molar-refractivity contribution is 0.699. The maximum absolute atomic E-state index is 3.49. The van der Waals surface area contributed by atoms with Crippen LogP contribution in [0.3, 0.4) is 0 Å². The average molecular weight is 214 g/mol. The van der Waals surface area contributed by atoms with Gasteiger partial charge in [0.2, 0.25) is 0 Å². The highest BCUT2D eigenvalue weighted by Gasteiger charge is 2.06. The number of nitrogens with one attached hydrogen (secondary N) is 1. The lowest BCUT2D eigenvalue weighted by Crippen LogP contribution is -2.20. The molecule has 0 bridgehead atoms. The first kappa shape index (κ1) is 10.8. The molecular formula is C14H18N2. The molecular weight excluding hydrogens is 196 g/mol. The Bertz CT molecular complexity index is 437. The summed E-state index contributed by atoms with van der Waals surface area (Å²) in [6.07, 6.45) is 0. The van der Waals surface area contributed by atoms with Gasteiger partial charge in [0.1, 0.15) is 0 Å². The Morgan fingerprint density at radius 1 is 0.938 bits per heavy atom. The van der Waals surface area contributed by atoms with E-state index in [0.29, 0.717) is 6.04 Å². The second kappa shape index (κ2) is 4.44. The zero-order valence-corrected chi connectivity index (χ0v) is 10.1. The van der Waals surface area contributed by atoms with E-state index in [1.165, 1.54) is 17.0 Å². The van der Waals surface area contributed by atoms with Crippen molar-refractivity contribution in [2.24, 2.45) is 0 Å². The minimum absolute atomic E-state index is 0.311. The second-order valence-corrected chi connectivity index (χ2v) is 4.21. The molecule has 0 fully saturated rings. The Labute approximate surface area is 96.9 Å². The summed E-state index contributed by atoms with van der Waals surface area (Å²) in [4.78, 5) is 0. The van der Waals surface area contributed by atoms with Gasteiger partial charge in [0.15, 0.2) is 0 Å². The van der Waals surface area contributed by atoms with E-state index < -0.39 is 0 Å². The molecule has 1 unspecified atom stereocenters. The topological polar surface area (TPSA) is 17.0 Å². The van der Waals surface area contributed by atoms with Gasteiger partial charge in [-0.3, -0.25) is 4.68 Å². The summed E-state index contributed by atoms with van der Waals surface area (Å²) in [5.74, 6) is 0. The summed E-state index contributed by atoms with van der Waals surface area (Å²) in [5, 5.41) is 0. The fourth-order valence-electron chi connectivity index (χ4n) is 1.88. The van der Waals surface area contributed by atoms with Crippen LogP contribution in [0.5, 0.6) is 0 Å². The Morgan fingerprint density at radius 2 is 1.50 bits per heavy atom. The standard InChI is InChI=1S/C14H18N2/c1-11-9-10-12(2)16(11)15-13(3)14-7-5-4-6-8-14/h4-10,13,15H,1-3H3. The van der Waals surface area contributed by atoms with Crippen molar-refractivity contribution in [2.45, 2.75) is 26.8 Å². The molecule has 0 saturated carbocycles. The highest BCUT2D eigenvalue weighted by Crippen LogP contribution is 2.14. The van der Waals surface area contributed by atoms with Crippen LogP contribution in [0.2, 0.25) is 0 Å². The van der Waals surface area contributed by atoms with Crippen molar-refractivity contribution in [3.8, 4) is 0 Å². The summed E-state index contributed by atoms with van der Waals surface area (Å²) >= 11 is 0. The van der Waals surface area contributed by atoms with Crippen LogP contribution in [0.25, 0.3) is 0 Å². The molecule has 0 aliphatic heterocycles. The van der Waals surface area contributed by atoms with E-state index in [4.69, 9.17) is 0 Å². The SMILES string of the molecule is Cc1ccc(C)n1NC(C)c1ccccc1. The lowest BCUT2D eigenvalue weighted by atomic mass is 10.1. The minimum Gasteiger partial charge on any atom is -0.319 e. The molecule has 1 atom stereocenters. The maximum atomic E-state index is 3.49. The third kappa shape index (κ3) is 2.11. The quantitative estimate of drug-likeness (QED) is 0.828. The van der Waals surface area contributed by atoms with Gasteiger partial charge in [0, 0.05) is 11.4 Å². The van der Waals surface area contributed by atoms with Crippen molar-refractivity contribution in [2.75, 3.05) is 5.43 Å². The van der Waals surface area contributed by atoms with Crippen LogP contribution in [0.1, 0.15) is 29.9 Å². The van der Waals surface area contributed by atoms with Gasteiger partial charge in [-0.05, 0) is 38.5 Å². The lowest BCUT2D eigenvalue weighted by Gasteiger charge is -2.19. The first-order valence-corrected chi connectivity index (χ1v) is 5.65. The van der Waals surface area contributed by atoms with Gasteiger partial charge in [0.05, 0.1) is 6.04 Å². The summed E-state index contributed by atoms with van der Waals surface area (Å²) in [6, 6.07) is 15.0. The van der Waals surface area contributed by atoms with E-state index in [1.807, 2.05) is 6.07 Å². The number of aryl methyl sites for hydroxylation is 2. The monoisotopic (exact) mass is 214 g/mol. The van der Waals surface area contributed by atoms with Crippen molar-refractivity contribution in [3.05, 3.63) is 59.4 Å². The Morgan fingerprint density at radius 3 is 2.06 bits per heavy atom. The van der Waals surface area contributed by atoms with E-state index in [1.54, 1.807) is 0 Å². The smallest absolute Gasteiger partial charge is 0.0645 e. The van der Waals surface area contributed by atoms with Crippen LogP contribution in [-0.2, 0) is 0 Å². The Balaban J connectivity index is 2.17. The van der Waals surface area contributed by atoms with Crippen molar-refractivity contribution in [1.82, 2.24) is 4.68 Å². The number of aromatic nitrogens is 1. The van der Waals surface area contributed by atoms with Crippen LogP contribution >= 0.6 is 0 Å². The molecule has 0 amide bonds. The number of hydrogen-bond acceptors (Lipinski definition) is 1. The van der Waals surface area contributed by atoms with Gasteiger partial charge in [-0.1, -0.05) is 30.3 Å². The highest BCUT2D eigenvalue weighted by atomic mass is 15.4.